The van der Waals surface area contributed by atoms with E-state index in [1.54, 1.807) is 15.5 Å². The summed E-state index contributed by atoms with van der Waals surface area (Å²) in [5, 5.41) is 16.5. The Kier molecular flexibility index (Phi) is 6.15. The molecule has 32 heavy (non-hydrogen) atoms. The number of fused-ring (bicyclic) bond motifs is 1. The number of carbonyl (C=O) groups is 2. The van der Waals surface area contributed by atoms with E-state index in [1.165, 1.54) is 6.20 Å². The number of anilines is 1. The molecule has 1 aromatic carbocycles. The predicted octanol–water partition coefficient (Wildman–Crippen LogP) is 1.28. The van der Waals surface area contributed by atoms with Gasteiger partial charge in [0.15, 0.2) is 0 Å². The van der Waals surface area contributed by atoms with Crippen LogP contribution in [0.5, 0.6) is 0 Å². The largest absolute Gasteiger partial charge is 0.490 e. The van der Waals surface area contributed by atoms with E-state index in [2.05, 4.69) is 0 Å². The van der Waals surface area contributed by atoms with Gasteiger partial charge in [-0.15, -0.1) is 0 Å². The molecule has 1 aliphatic carbocycles. The highest BCUT2D eigenvalue weighted by Crippen LogP contribution is 2.38. The van der Waals surface area contributed by atoms with Crippen molar-refractivity contribution in [3.8, 4) is 0 Å². The molecule has 6 N–H and O–H groups in total. The minimum absolute atomic E-state index is 0.0841. The van der Waals surface area contributed by atoms with Gasteiger partial charge < -0.3 is 31.1 Å². The van der Waals surface area contributed by atoms with Crippen LogP contribution in [-0.4, -0.2) is 58.1 Å². The Morgan fingerprint density at radius 2 is 1.59 bits per heavy atom. The molecule has 1 aromatic heterocycles. The third kappa shape index (κ3) is 4.67. The lowest BCUT2D eigenvalue weighted by molar-refractivity contribution is -0.192. The van der Waals surface area contributed by atoms with Gasteiger partial charge in [0.05, 0.1) is 11.2 Å². The molecule has 0 radical (unpaired) electrons. The number of nitrogens with zero attached hydrogens (tertiary/aromatic N) is 2. The molecule has 174 valence electrons. The molecule has 1 saturated heterocycles. The Hall–Kier alpha value is -3.19. The molecule has 1 saturated carbocycles. The van der Waals surface area contributed by atoms with Gasteiger partial charge >= 0.3 is 18.1 Å². The number of hydrogen-bond acceptors (Lipinski definition) is 6. The van der Waals surface area contributed by atoms with E-state index in [9.17, 15) is 32.3 Å². The molecule has 0 unspecified atom stereocenters. The zero-order chi connectivity index (χ0) is 24.0. The van der Waals surface area contributed by atoms with Crippen molar-refractivity contribution in [2.75, 3.05) is 18.0 Å². The number of hydrogen-bond donors (Lipinski definition) is 4. The number of aromatic nitrogens is 1. The highest BCUT2D eigenvalue weighted by Gasteiger charge is 2.38. The Balaban J connectivity index is 0.000000360. The Bertz CT molecular complexity index is 1120. The number of pyridine rings is 1. The van der Waals surface area contributed by atoms with E-state index in [1.807, 2.05) is 0 Å². The molecular formula is C19H20F4N4O5. The lowest BCUT2D eigenvalue weighted by Gasteiger charge is -2.21. The van der Waals surface area contributed by atoms with Crippen LogP contribution in [0.2, 0.25) is 0 Å². The normalized spacial score (nSPS) is 20.8. The molecule has 0 spiro atoms. The molecule has 2 atom stereocenters. The maximum Gasteiger partial charge on any atom is 0.490 e. The van der Waals surface area contributed by atoms with Crippen molar-refractivity contribution in [1.82, 2.24) is 4.57 Å². The van der Waals surface area contributed by atoms with E-state index in [4.69, 9.17) is 21.4 Å². The first-order valence-electron chi connectivity index (χ1n) is 9.49. The SMILES string of the molecule is N[C@@H]1CN(c2cc3c(cc2F)c(=O)c(C(=O)O)cn3C2CC2)C[C@H]1N.O=C(O)C(F)(F)F. The minimum Gasteiger partial charge on any atom is -0.477 e. The average Bonchev–Trinajstić information content (AvgIpc) is 3.47. The second-order valence-electron chi connectivity index (χ2n) is 7.67. The lowest BCUT2D eigenvalue weighted by Crippen LogP contribution is -2.39. The van der Waals surface area contributed by atoms with Crippen molar-refractivity contribution < 1.29 is 37.4 Å². The zero-order valence-corrected chi connectivity index (χ0v) is 16.5. The zero-order valence-electron chi connectivity index (χ0n) is 16.5. The summed E-state index contributed by atoms with van der Waals surface area (Å²) in [6.07, 6.45) is -1.90. The first kappa shape index (κ1) is 23.5. The van der Waals surface area contributed by atoms with Crippen molar-refractivity contribution >= 4 is 28.5 Å². The predicted molar refractivity (Wildman–Crippen MR) is 105 cm³/mol. The number of carboxylic acid groups (broad SMARTS) is 2. The second-order valence-corrected chi connectivity index (χ2v) is 7.67. The summed E-state index contributed by atoms with van der Waals surface area (Å²) in [7, 11) is 0. The number of nitrogens with two attached hydrogens (primary N) is 2. The summed E-state index contributed by atoms with van der Waals surface area (Å²) in [4.78, 5) is 34.5. The van der Waals surface area contributed by atoms with Crippen LogP contribution in [0.3, 0.4) is 0 Å². The average molecular weight is 460 g/mol. The van der Waals surface area contributed by atoms with Crippen LogP contribution >= 0.6 is 0 Å². The molecule has 13 heteroatoms. The van der Waals surface area contributed by atoms with Crippen molar-refractivity contribution in [3.63, 3.8) is 0 Å². The highest BCUT2D eigenvalue weighted by atomic mass is 19.4. The van der Waals surface area contributed by atoms with Crippen LogP contribution in [0.25, 0.3) is 10.9 Å². The molecule has 9 nitrogen and oxygen atoms in total. The molecule has 2 aliphatic rings. The lowest BCUT2D eigenvalue weighted by atomic mass is 10.1. The van der Waals surface area contributed by atoms with Crippen LogP contribution in [0, 0.1) is 5.82 Å². The van der Waals surface area contributed by atoms with Crippen LogP contribution in [0.1, 0.15) is 29.2 Å². The van der Waals surface area contributed by atoms with E-state index < -0.39 is 29.4 Å². The fourth-order valence-electron chi connectivity index (χ4n) is 3.46. The Morgan fingerprint density at radius 3 is 2.03 bits per heavy atom. The van der Waals surface area contributed by atoms with Gasteiger partial charge in [-0.05, 0) is 25.0 Å². The maximum atomic E-state index is 14.7. The maximum absolute atomic E-state index is 14.7. The second kappa shape index (κ2) is 8.39. The monoisotopic (exact) mass is 460 g/mol. The molecule has 0 bridgehead atoms. The smallest absolute Gasteiger partial charge is 0.477 e. The van der Waals surface area contributed by atoms with Crippen molar-refractivity contribution in [1.29, 1.82) is 0 Å². The molecular weight excluding hydrogens is 440 g/mol. The van der Waals surface area contributed by atoms with Gasteiger partial charge in [0, 0.05) is 42.8 Å². The van der Waals surface area contributed by atoms with Gasteiger partial charge in [0.1, 0.15) is 11.4 Å². The van der Waals surface area contributed by atoms with Crippen LogP contribution < -0.4 is 21.8 Å². The van der Waals surface area contributed by atoms with Gasteiger partial charge in [-0.25, -0.2) is 14.0 Å². The fraction of sp³-hybridized carbons (Fsp3) is 0.421. The summed E-state index contributed by atoms with van der Waals surface area (Å²) in [5.41, 5.74) is 11.7. The number of rotatable bonds is 3. The number of aromatic carboxylic acids is 1. The molecule has 4 rings (SSSR count). The number of benzene rings is 1. The number of halogens is 4. The quantitative estimate of drug-likeness (QED) is 0.500. The number of carboxylic acids is 2. The van der Waals surface area contributed by atoms with Crippen LogP contribution in [-0.2, 0) is 4.79 Å². The summed E-state index contributed by atoms with van der Waals surface area (Å²) in [6, 6.07) is 2.40. The van der Waals surface area contributed by atoms with E-state index in [0.29, 0.717) is 24.3 Å². The number of aliphatic carboxylic acids is 1. The van der Waals surface area contributed by atoms with Crippen LogP contribution in [0.4, 0.5) is 23.2 Å². The first-order chi connectivity index (χ1) is 14.8. The van der Waals surface area contributed by atoms with E-state index >= 15 is 0 Å². The molecule has 2 fully saturated rings. The topological polar surface area (TPSA) is 152 Å². The standard InChI is InChI=1S/C17H19FN4O3.C2HF3O2/c18-11-3-9-14(4-15(11)21-6-12(19)13(20)7-21)22(8-1-2-8)5-10(16(9)23)17(24)25;3-2(4,5)1(6)7/h3-5,8,12-13H,1-2,6-7,19-20H2,(H,24,25);(H,6,7)/t12-,13-;/m1./s1. The van der Waals surface area contributed by atoms with Crippen molar-refractivity contribution in [3.05, 3.63) is 39.9 Å². The molecule has 1 aliphatic heterocycles. The van der Waals surface area contributed by atoms with Gasteiger partial charge in [-0.2, -0.15) is 13.2 Å². The fourth-order valence-corrected chi connectivity index (χ4v) is 3.46. The summed E-state index contributed by atoms with van der Waals surface area (Å²) >= 11 is 0. The third-order valence-electron chi connectivity index (χ3n) is 5.27. The van der Waals surface area contributed by atoms with E-state index in [0.717, 1.165) is 18.9 Å². The summed E-state index contributed by atoms with van der Waals surface area (Å²) < 4.78 is 48.2. The van der Waals surface area contributed by atoms with Crippen molar-refractivity contribution in [2.45, 2.75) is 37.1 Å². The summed E-state index contributed by atoms with van der Waals surface area (Å²) in [6.45, 7) is 0.870. The minimum atomic E-state index is -5.08. The Morgan fingerprint density at radius 1 is 1.06 bits per heavy atom. The van der Waals surface area contributed by atoms with Gasteiger partial charge in [0.25, 0.3) is 0 Å². The van der Waals surface area contributed by atoms with E-state index in [-0.39, 0.29) is 29.1 Å². The van der Waals surface area contributed by atoms with Gasteiger partial charge in [-0.3, -0.25) is 4.79 Å². The molecule has 2 aromatic rings. The summed E-state index contributed by atoms with van der Waals surface area (Å²) in [5.74, 6) is -4.63. The van der Waals surface area contributed by atoms with Crippen molar-refractivity contribution in [2.24, 2.45) is 11.5 Å². The number of alkyl halides is 3. The highest BCUT2D eigenvalue weighted by molar-refractivity contribution is 5.93. The van der Waals surface area contributed by atoms with Gasteiger partial charge in [0.2, 0.25) is 5.43 Å². The van der Waals surface area contributed by atoms with Gasteiger partial charge in [-0.1, -0.05) is 0 Å². The third-order valence-corrected chi connectivity index (χ3v) is 5.27. The first-order valence-corrected chi connectivity index (χ1v) is 9.49. The van der Waals surface area contributed by atoms with Crippen LogP contribution in [0.15, 0.2) is 23.1 Å². The molecule has 0 amide bonds. The molecule has 2 heterocycles. The Labute approximate surface area is 177 Å².